The van der Waals surface area contributed by atoms with Gasteiger partial charge in [0, 0.05) is 28.2 Å². The molecule has 1 aliphatic carbocycles. The molecule has 21 heavy (non-hydrogen) atoms. The predicted molar refractivity (Wildman–Crippen MR) is 90.1 cm³/mol. The fourth-order valence-electron chi connectivity index (χ4n) is 3.09. The lowest BCUT2D eigenvalue weighted by atomic mass is 9.86. The molecule has 1 aromatic heterocycles. The van der Waals surface area contributed by atoms with E-state index in [1.165, 1.54) is 12.8 Å². The third-order valence-corrected chi connectivity index (χ3v) is 8.17. The van der Waals surface area contributed by atoms with Gasteiger partial charge in [-0.1, -0.05) is 19.0 Å². The first-order valence-electron chi connectivity index (χ1n) is 7.95. The summed E-state index contributed by atoms with van der Waals surface area (Å²) in [5, 5.41) is 9.41. The minimum Gasteiger partial charge on any atom is -0.339 e. The van der Waals surface area contributed by atoms with E-state index in [0.717, 1.165) is 35.6 Å². The van der Waals surface area contributed by atoms with Crippen LogP contribution in [0.3, 0.4) is 0 Å². The van der Waals surface area contributed by atoms with E-state index in [4.69, 9.17) is 9.51 Å². The molecule has 118 valence electrons. The van der Waals surface area contributed by atoms with Crippen LogP contribution in [0.1, 0.15) is 62.4 Å². The van der Waals surface area contributed by atoms with Gasteiger partial charge in [0.25, 0.3) is 0 Å². The Morgan fingerprint density at radius 1 is 1.14 bits per heavy atom. The molecule has 3 rings (SSSR count). The molecule has 1 aromatic rings. The van der Waals surface area contributed by atoms with E-state index in [1.807, 2.05) is 23.5 Å². The Balaban J connectivity index is 1.61. The second kappa shape index (κ2) is 6.92. The van der Waals surface area contributed by atoms with Gasteiger partial charge in [-0.3, -0.25) is 0 Å². The van der Waals surface area contributed by atoms with Gasteiger partial charge < -0.3 is 9.84 Å². The van der Waals surface area contributed by atoms with E-state index in [1.54, 1.807) is 0 Å². The Hall–Kier alpha value is -0.200. The van der Waals surface area contributed by atoms with Crippen LogP contribution in [-0.2, 0) is 0 Å². The summed E-state index contributed by atoms with van der Waals surface area (Å²) < 4.78 is 5.58. The fourth-order valence-corrected chi connectivity index (χ4v) is 5.93. The third kappa shape index (κ3) is 3.59. The summed E-state index contributed by atoms with van der Waals surface area (Å²) in [6.07, 6.45) is 4.74. The maximum atomic E-state index is 5.58. The molecule has 3 atom stereocenters. The highest BCUT2D eigenvalue weighted by atomic mass is 32.2. The van der Waals surface area contributed by atoms with Crippen molar-refractivity contribution in [2.45, 2.75) is 67.2 Å². The Labute approximate surface area is 135 Å². The molecule has 0 bridgehead atoms. The molecule has 3 unspecified atom stereocenters. The van der Waals surface area contributed by atoms with Crippen LogP contribution in [0.15, 0.2) is 4.52 Å². The average Bonchev–Trinajstić information content (AvgIpc) is 3.00. The van der Waals surface area contributed by atoms with Crippen LogP contribution in [0.25, 0.3) is 0 Å². The van der Waals surface area contributed by atoms with Gasteiger partial charge in [0.2, 0.25) is 5.89 Å². The van der Waals surface area contributed by atoms with Crippen molar-refractivity contribution in [3.05, 3.63) is 11.7 Å². The summed E-state index contributed by atoms with van der Waals surface area (Å²) in [7, 11) is 2.05. The van der Waals surface area contributed by atoms with Gasteiger partial charge in [0.1, 0.15) is 0 Å². The highest BCUT2D eigenvalue weighted by Crippen LogP contribution is 2.43. The standard InChI is InChI=1S/C15H25N3OS2/c1-9-10(2)21-13(8-20-9)14-17-15(19-18-14)11-4-6-12(16-3)7-5-11/h9-13,16H,4-8H2,1-3H3. The van der Waals surface area contributed by atoms with Crippen molar-refractivity contribution >= 4 is 23.5 Å². The molecular weight excluding hydrogens is 302 g/mol. The van der Waals surface area contributed by atoms with E-state index < -0.39 is 0 Å². The number of thioether (sulfide) groups is 2. The number of nitrogens with zero attached hydrogens (tertiary/aromatic N) is 2. The Kier molecular flexibility index (Phi) is 5.17. The number of hydrogen-bond donors (Lipinski definition) is 1. The fraction of sp³-hybridized carbons (Fsp3) is 0.867. The lowest BCUT2D eigenvalue weighted by Crippen LogP contribution is -2.29. The zero-order valence-corrected chi connectivity index (χ0v) is 14.7. The van der Waals surface area contributed by atoms with Crippen LogP contribution in [-0.4, -0.2) is 39.5 Å². The van der Waals surface area contributed by atoms with Crippen LogP contribution < -0.4 is 5.32 Å². The molecule has 0 amide bonds. The van der Waals surface area contributed by atoms with Crippen molar-refractivity contribution in [1.82, 2.24) is 15.5 Å². The molecule has 2 aliphatic rings. The molecule has 0 radical (unpaired) electrons. The summed E-state index contributed by atoms with van der Waals surface area (Å²) in [6, 6.07) is 0.663. The van der Waals surface area contributed by atoms with Crippen molar-refractivity contribution in [2.75, 3.05) is 12.8 Å². The molecule has 0 spiro atoms. The molecule has 1 N–H and O–H groups in total. The zero-order chi connectivity index (χ0) is 14.8. The highest BCUT2D eigenvalue weighted by molar-refractivity contribution is 8.07. The monoisotopic (exact) mass is 327 g/mol. The maximum absolute atomic E-state index is 5.58. The first-order valence-corrected chi connectivity index (χ1v) is 9.94. The van der Waals surface area contributed by atoms with E-state index in [9.17, 15) is 0 Å². The highest BCUT2D eigenvalue weighted by Gasteiger charge is 2.31. The predicted octanol–water partition coefficient (Wildman–Crippen LogP) is 3.61. The van der Waals surface area contributed by atoms with Gasteiger partial charge in [0.15, 0.2) is 5.82 Å². The van der Waals surface area contributed by atoms with E-state index in [0.29, 0.717) is 22.5 Å². The topological polar surface area (TPSA) is 51.0 Å². The van der Waals surface area contributed by atoms with Gasteiger partial charge in [0.05, 0.1) is 5.25 Å². The van der Waals surface area contributed by atoms with E-state index in [-0.39, 0.29) is 0 Å². The van der Waals surface area contributed by atoms with E-state index in [2.05, 4.69) is 31.4 Å². The summed E-state index contributed by atoms with van der Waals surface area (Å²) >= 11 is 4.02. The van der Waals surface area contributed by atoms with Crippen molar-refractivity contribution < 1.29 is 4.52 Å². The zero-order valence-electron chi connectivity index (χ0n) is 13.0. The smallest absolute Gasteiger partial charge is 0.229 e. The van der Waals surface area contributed by atoms with Crippen LogP contribution in [0, 0.1) is 0 Å². The third-order valence-electron chi connectivity index (χ3n) is 4.78. The van der Waals surface area contributed by atoms with E-state index >= 15 is 0 Å². The normalized spacial score (nSPS) is 37.6. The minimum absolute atomic E-state index is 0.396. The molecule has 1 aliphatic heterocycles. The molecular formula is C15H25N3OS2. The SMILES string of the molecule is CNC1CCC(c2nc(C3CSC(C)C(C)S3)no2)CC1. The lowest BCUT2D eigenvalue weighted by Gasteiger charge is -2.29. The van der Waals surface area contributed by atoms with Gasteiger partial charge in [-0.25, -0.2) is 0 Å². The largest absolute Gasteiger partial charge is 0.339 e. The minimum atomic E-state index is 0.396. The van der Waals surface area contributed by atoms with Gasteiger partial charge in [-0.15, -0.1) is 11.8 Å². The summed E-state index contributed by atoms with van der Waals surface area (Å²) in [6.45, 7) is 4.61. The Morgan fingerprint density at radius 3 is 2.57 bits per heavy atom. The van der Waals surface area contributed by atoms with Crippen LogP contribution in [0.5, 0.6) is 0 Å². The van der Waals surface area contributed by atoms with Crippen molar-refractivity contribution in [3.63, 3.8) is 0 Å². The molecule has 2 fully saturated rings. The number of rotatable bonds is 3. The van der Waals surface area contributed by atoms with Gasteiger partial charge >= 0.3 is 0 Å². The Bertz CT molecular complexity index is 460. The number of nitrogens with one attached hydrogen (secondary N) is 1. The molecule has 0 aromatic carbocycles. The van der Waals surface area contributed by atoms with Crippen LogP contribution in [0.2, 0.25) is 0 Å². The quantitative estimate of drug-likeness (QED) is 0.915. The van der Waals surface area contributed by atoms with Crippen molar-refractivity contribution in [1.29, 1.82) is 0 Å². The van der Waals surface area contributed by atoms with Crippen molar-refractivity contribution in [3.8, 4) is 0 Å². The molecule has 2 heterocycles. The summed E-state index contributed by atoms with van der Waals surface area (Å²) in [5.41, 5.74) is 0. The molecule has 1 saturated heterocycles. The molecule has 6 heteroatoms. The van der Waals surface area contributed by atoms with Gasteiger partial charge in [-0.05, 0) is 32.7 Å². The molecule has 1 saturated carbocycles. The Morgan fingerprint density at radius 2 is 1.90 bits per heavy atom. The second-order valence-electron chi connectivity index (χ2n) is 6.20. The second-order valence-corrected chi connectivity index (χ2v) is 9.19. The molecule has 4 nitrogen and oxygen atoms in total. The summed E-state index contributed by atoms with van der Waals surface area (Å²) in [5.74, 6) is 3.35. The number of aromatic nitrogens is 2. The van der Waals surface area contributed by atoms with Gasteiger partial charge in [-0.2, -0.15) is 16.7 Å². The first-order chi connectivity index (χ1) is 10.2. The van der Waals surface area contributed by atoms with Crippen molar-refractivity contribution in [2.24, 2.45) is 0 Å². The average molecular weight is 328 g/mol. The van der Waals surface area contributed by atoms with Crippen LogP contribution >= 0.6 is 23.5 Å². The van der Waals surface area contributed by atoms with Crippen LogP contribution in [0.4, 0.5) is 0 Å². The lowest BCUT2D eigenvalue weighted by molar-refractivity contribution is 0.287. The first kappa shape index (κ1) is 15.7. The number of hydrogen-bond acceptors (Lipinski definition) is 6. The maximum Gasteiger partial charge on any atom is 0.229 e. The summed E-state index contributed by atoms with van der Waals surface area (Å²) in [4.78, 5) is 4.74.